The molecule has 188 valence electrons. The lowest BCUT2D eigenvalue weighted by Gasteiger charge is -2.26. The number of carbonyl (C=O) groups excluding carboxylic acids is 1. The molecule has 2 aromatic rings. The first-order valence-corrected chi connectivity index (χ1v) is 13.6. The van der Waals surface area contributed by atoms with E-state index in [1.165, 1.54) is 19.2 Å². The molecule has 2 aliphatic carbocycles. The number of hydrogen-bond donors (Lipinski definition) is 1. The van der Waals surface area contributed by atoms with Gasteiger partial charge in [-0.05, 0) is 45.1 Å². The van der Waals surface area contributed by atoms with Crippen LogP contribution in [0, 0.1) is 24.0 Å². The molecule has 1 N–H and O–H groups in total. The van der Waals surface area contributed by atoms with Crippen molar-refractivity contribution in [3.8, 4) is 11.1 Å². The van der Waals surface area contributed by atoms with Crippen LogP contribution in [0.1, 0.15) is 73.1 Å². The van der Waals surface area contributed by atoms with Gasteiger partial charge in [0, 0.05) is 12.1 Å². The van der Waals surface area contributed by atoms with Crippen LogP contribution in [-0.2, 0) is 13.8 Å². The average molecular weight is 504 g/mol. The summed E-state index contributed by atoms with van der Waals surface area (Å²) in [6, 6.07) is 6.00. The van der Waals surface area contributed by atoms with Crippen molar-refractivity contribution in [3.05, 3.63) is 51.3 Å². The summed E-state index contributed by atoms with van der Waals surface area (Å²) in [5, 5.41) is 11.8. The lowest BCUT2D eigenvalue weighted by atomic mass is 9.97. The largest absolute Gasteiger partial charge is 0.465 e. The first-order chi connectivity index (χ1) is 16.7. The quantitative estimate of drug-likeness (QED) is 0.221. The lowest BCUT2D eigenvalue weighted by Crippen LogP contribution is -2.30. The molecule has 1 heterocycles. The van der Waals surface area contributed by atoms with Gasteiger partial charge in [0.05, 0.1) is 34.5 Å². The van der Waals surface area contributed by atoms with Crippen LogP contribution in [-0.4, -0.2) is 40.1 Å². The zero-order valence-electron chi connectivity index (χ0n) is 20.4. The minimum atomic E-state index is -3.74. The lowest BCUT2D eigenvalue weighted by molar-refractivity contribution is -0.384. The first kappa shape index (κ1) is 25.6. The number of rotatable bonds is 8. The Balaban J connectivity index is 1.98. The number of benzene rings is 1. The van der Waals surface area contributed by atoms with Gasteiger partial charge in [-0.25, -0.2) is 4.79 Å². The first-order valence-electron chi connectivity index (χ1n) is 12.1. The number of nitrogens with zero attached hydrogens (tertiary/aromatic N) is 2. The average Bonchev–Trinajstić information content (AvgIpc) is 3.52. The number of non-ortho nitro benzene ring substituents is 1. The number of hydrogen-bond acceptors (Lipinski definition) is 8. The third-order valence-corrected chi connectivity index (χ3v) is 9.01. The zero-order chi connectivity index (χ0) is 25.2. The zero-order valence-corrected chi connectivity index (χ0v) is 21.3. The van der Waals surface area contributed by atoms with Gasteiger partial charge in [0.1, 0.15) is 12.2 Å². The van der Waals surface area contributed by atoms with E-state index in [0.29, 0.717) is 27.8 Å². The molecule has 1 aromatic heterocycles. The van der Waals surface area contributed by atoms with E-state index in [9.17, 15) is 19.8 Å². The van der Waals surface area contributed by atoms with E-state index < -0.39 is 18.8 Å². The van der Waals surface area contributed by atoms with Crippen molar-refractivity contribution in [2.24, 2.45) is 0 Å². The molecule has 0 atom stereocenters. The van der Waals surface area contributed by atoms with Crippen LogP contribution in [0.4, 0.5) is 5.69 Å². The van der Waals surface area contributed by atoms with Crippen LogP contribution < -0.4 is 5.30 Å². The van der Waals surface area contributed by atoms with E-state index in [4.69, 9.17) is 13.8 Å². The maximum absolute atomic E-state index is 13.0. The Bertz CT molecular complexity index is 1090. The Hall–Kier alpha value is -2.45. The molecule has 0 spiro atoms. The molecular formula is C25H32N2O7P+. The van der Waals surface area contributed by atoms with Crippen LogP contribution in [0.5, 0.6) is 0 Å². The summed E-state index contributed by atoms with van der Waals surface area (Å²) < 4.78 is 17.9. The number of methoxy groups -OCH3 is 1. The van der Waals surface area contributed by atoms with Crippen LogP contribution in [0.3, 0.4) is 0 Å². The van der Waals surface area contributed by atoms with E-state index in [2.05, 4.69) is 4.98 Å². The number of aromatic nitrogens is 1. The Morgan fingerprint density at radius 3 is 2.14 bits per heavy atom. The molecule has 0 unspecified atom stereocenters. The number of nitro groups is 1. The van der Waals surface area contributed by atoms with Crippen molar-refractivity contribution in [1.29, 1.82) is 0 Å². The van der Waals surface area contributed by atoms with Crippen molar-refractivity contribution in [2.75, 3.05) is 7.11 Å². The number of ether oxygens (including phenoxy) is 1. The van der Waals surface area contributed by atoms with Gasteiger partial charge in [0.2, 0.25) is 5.30 Å². The Morgan fingerprint density at radius 2 is 1.63 bits per heavy atom. The van der Waals surface area contributed by atoms with Crippen molar-refractivity contribution in [2.45, 2.75) is 77.4 Å². The molecule has 2 fully saturated rings. The maximum atomic E-state index is 13.0. The molecular weight excluding hydrogens is 471 g/mol. The SMILES string of the molecule is COC(=O)c1c(C)nc(C)c([P+](O)(OC2CCCC2)OC2CCCC2)c1-c1cccc([N+](=O)[O-])c1. The van der Waals surface area contributed by atoms with Crippen LogP contribution >= 0.6 is 7.94 Å². The molecule has 0 saturated heterocycles. The van der Waals surface area contributed by atoms with Gasteiger partial charge in [-0.1, -0.05) is 37.8 Å². The van der Waals surface area contributed by atoms with Gasteiger partial charge in [-0.3, -0.25) is 15.1 Å². The van der Waals surface area contributed by atoms with Gasteiger partial charge in [-0.2, -0.15) is 13.9 Å². The molecule has 9 nitrogen and oxygen atoms in total. The predicted molar refractivity (Wildman–Crippen MR) is 133 cm³/mol. The molecule has 0 aliphatic heterocycles. The minimum absolute atomic E-state index is 0.133. The van der Waals surface area contributed by atoms with E-state index >= 15 is 0 Å². The van der Waals surface area contributed by atoms with Gasteiger partial charge in [0.15, 0.2) is 0 Å². The molecule has 0 bridgehead atoms. The monoisotopic (exact) mass is 503 g/mol. The predicted octanol–water partition coefficient (Wildman–Crippen LogP) is 5.36. The summed E-state index contributed by atoms with van der Waals surface area (Å²) in [5.41, 5.74) is 1.57. The second-order valence-electron chi connectivity index (χ2n) is 9.22. The highest BCUT2D eigenvalue weighted by atomic mass is 31.2. The van der Waals surface area contributed by atoms with Gasteiger partial charge in [0.25, 0.3) is 5.69 Å². The number of pyridine rings is 1. The summed E-state index contributed by atoms with van der Waals surface area (Å²) >= 11 is 0. The maximum Gasteiger partial charge on any atom is 0.449 e. The highest BCUT2D eigenvalue weighted by Gasteiger charge is 2.54. The number of aryl methyl sites for hydroxylation is 2. The fourth-order valence-electron chi connectivity index (χ4n) is 5.12. The van der Waals surface area contributed by atoms with Gasteiger partial charge >= 0.3 is 13.9 Å². The Kier molecular flexibility index (Phi) is 7.81. The van der Waals surface area contributed by atoms with Crippen molar-refractivity contribution < 1.29 is 28.4 Å². The van der Waals surface area contributed by atoms with Crippen LogP contribution in [0.2, 0.25) is 0 Å². The molecule has 2 aliphatic rings. The summed E-state index contributed by atoms with van der Waals surface area (Å²) in [4.78, 5) is 40.8. The van der Waals surface area contributed by atoms with Crippen LogP contribution in [0.15, 0.2) is 24.3 Å². The minimum Gasteiger partial charge on any atom is -0.465 e. The molecule has 1 aromatic carbocycles. The Morgan fingerprint density at radius 1 is 1.06 bits per heavy atom. The summed E-state index contributed by atoms with van der Waals surface area (Å²) in [6.45, 7) is 3.42. The summed E-state index contributed by atoms with van der Waals surface area (Å²) in [7, 11) is -2.47. The molecule has 10 heteroatoms. The Labute approximate surface area is 205 Å². The third kappa shape index (κ3) is 5.38. The fraction of sp³-hybridized carbons (Fsp3) is 0.520. The topological polar surface area (TPSA) is 121 Å². The molecule has 0 radical (unpaired) electrons. The molecule has 4 rings (SSSR count). The smallest absolute Gasteiger partial charge is 0.449 e. The van der Waals surface area contributed by atoms with E-state index in [-0.39, 0.29) is 23.5 Å². The van der Waals surface area contributed by atoms with E-state index in [0.717, 1.165) is 51.4 Å². The van der Waals surface area contributed by atoms with Crippen molar-refractivity contribution in [3.63, 3.8) is 0 Å². The highest BCUT2D eigenvalue weighted by molar-refractivity contribution is 7.69. The van der Waals surface area contributed by atoms with Crippen molar-refractivity contribution >= 4 is 24.9 Å². The standard InChI is InChI=1S/C25H32N2O7P/c1-16-22(25(28)32-3)23(18-9-8-10-19(15-18)27(29)30)24(17(2)26-16)35(31,33-20-11-4-5-12-20)34-21-13-6-7-14-21/h8-10,15,20-21,31H,4-7,11-14H2,1-3H3/q+1. The highest BCUT2D eigenvalue weighted by Crippen LogP contribution is 2.62. The molecule has 35 heavy (non-hydrogen) atoms. The summed E-state index contributed by atoms with van der Waals surface area (Å²) in [6.07, 6.45) is 6.92. The van der Waals surface area contributed by atoms with Crippen LogP contribution in [0.25, 0.3) is 11.1 Å². The van der Waals surface area contributed by atoms with E-state index in [1.54, 1.807) is 26.0 Å². The normalized spacial score (nSPS) is 17.1. The second kappa shape index (κ2) is 10.7. The molecule has 0 amide bonds. The number of carbonyl (C=O) groups is 1. The molecule has 2 saturated carbocycles. The number of nitro benzene ring substituents is 1. The second-order valence-corrected chi connectivity index (χ2v) is 11.1. The van der Waals surface area contributed by atoms with E-state index in [1.807, 2.05) is 0 Å². The third-order valence-electron chi connectivity index (χ3n) is 6.73. The van der Waals surface area contributed by atoms with Crippen molar-refractivity contribution in [1.82, 2.24) is 4.98 Å². The van der Waals surface area contributed by atoms with Gasteiger partial charge in [-0.15, -0.1) is 0 Å². The number of esters is 1. The summed E-state index contributed by atoms with van der Waals surface area (Å²) in [5.74, 6) is -0.647. The van der Waals surface area contributed by atoms with Gasteiger partial charge < -0.3 is 4.74 Å². The fourth-order valence-corrected chi connectivity index (χ4v) is 7.59.